The zero-order chi connectivity index (χ0) is 15.3. The lowest BCUT2D eigenvalue weighted by molar-refractivity contribution is 0.0688. The Morgan fingerprint density at radius 1 is 1.29 bits per heavy atom. The molecular weight excluding hydrogens is 331 g/mol. The van der Waals surface area contributed by atoms with Crippen molar-refractivity contribution in [2.75, 3.05) is 0 Å². The van der Waals surface area contributed by atoms with Gasteiger partial charge in [-0.25, -0.2) is 9.78 Å². The van der Waals surface area contributed by atoms with Gasteiger partial charge in [0.2, 0.25) is 0 Å². The van der Waals surface area contributed by atoms with E-state index in [-0.39, 0.29) is 5.69 Å². The summed E-state index contributed by atoms with van der Waals surface area (Å²) in [5.74, 6) is -1.00. The van der Waals surface area contributed by atoms with Gasteiger partial charge < -0.3 is 5.11 Å². The number of hydrogen-bond acceptors (Lipinski definition) is 3. The summed E-state index contributed by atoms with van der Waals surface area (Å²) in [5, 5.41) is 10.3. The molecular formula is C14H10Cl2N2O2S. The summed E-state index contributed by atoms with van der Waals surface area (Å²) in [6, 6.07) is 5.26. The van der Waals surface area contributed by atoms with Crippen LogP contribution in [-0.4, -0.2) is 20.5 Å². The van der Waals surface area contributed by atoms with Gasteiger partial charge in [-0.1, -0.05) is 29.3 Å². The van der Waals surface area contributed by atoms with Crippen molar-refractivity contribution in [1.29, 1.82) is 0 Å². The molecule has 0 unspecified atom stereocenters. The Morgan fingerprint density at radius 2 is 2.00 bits per heavy atom. The number of aromatic carboxylic acids is 1. The fraction of sp³-hybridized carbons (Fsp3) is 0.143. The SMILES string of the molecule is Cc1nc2sc(C)c(-c3ccc(Cl)c(Cl)c3)n2c1C(=O)O. The number of imidazole rings is 1. The van der Waals surface area contributed by atoms with Gasteiger partial charge in [0.25, 0.3) is 0 Å². The minimum absolute atomic E-state index is 0.176. The molecule has 0 amide bonds. The molecule has 0 radical (unpaired) electrons. The summed E-state index contributed by atoms with van der Waals surface area (Å²) in [6.07, 6.45) is 0. The summed E-state index contributed by atoms with van der Waals surface area (Å²) in [6.45, 7) is 3.62. The molecule has 1 N–H and O–H groups in total. The number of benzene rings is 1. The van der Waals surface area contributed by atoms with Crippen LogP contribution in [0, 0.1) is 13.8 Å². The van der Waals surface area contributed by atoms with E-state index in [1.165, 1.54) is 11.3 Å². The molecule has 1 aromatic carbocycles. The first-order valence-electron chi connectivity index (χ1n) is 6.07. The highest BCUT2D eigenvalue weighted by atomic mass is 35.5. The fourth-order valence-electron chi connectivity index (χ4n) is 2.35. The molecule has 3 rings (SSSR count). The van der Waals surface area contributed by atoms with Crippen LogP contribution in [0.4, 0.5) is 0 Å². The molecule has 21 heavy (non-hydrogen) atoms. The average molecular weight is 341 g/mol. The van der Waals surface area contributed by atoms with Crippen molar-refractivity contribution in [1.82, 2.24) is 9.38 Å². The molecule has 108 valence electrons. The van der Waals surface area contributed by atoms with E-state index >= 15 is 0 Å². The molecule has 0 aliphatic carbocycles. The van der Waals surface area contributed by atoms with Crippen LogP contribution in [0.25, 0.3) is 16.2 Å². The van der Waals surface area contributed by atoms with E-state index < -0.39 is 5.97 Å². The third kappa shape index (κ3) is 2.21. The maximum absolute atomic E-state index is 11.5. The van der Waals surface area contributed by atoms with Crippen LogP contribution in [0.3, 0.4) is 0 Å². The normalized spacial score (nSPS) is 11.2. The van der Waals surface area contributed by atoms with Crippen molar-refractivity contribution in [3.8, 4) is 11.3 Å². The standard InChI is InChI=1S/C14H10Cl2N2O2S/c1-6-11(13(19)20)18-12(7(2)21-14(18)17-6)8-3-4-9(15)10(16)5-8/h3-5H,1-2H3,(H,19,20). The van der Waals surface area contributed by atoms with Crippen LogP contribution in [0.1, 0.15) is 21.1 Å². The van der Waals surface area contributed by atoms with E-state index in [0.29, 0.717) is 20.7 Å². The van der Waals surface area contributed by atoms with E-state index in [0.717, 1.165) is 16.1 Å². The lowest BCUT2D eigenvalue weighted by Crippen LogP contribution is -2.04. The van der Waals surface area contributed by atoms with Gasteiger partial charge in [-0.3, -0.25) is 4.40 Å². The summed E-state index contributed by atoms with van der Waals surface area (Å²) < 4.78 is 1.66. The van der Waals surface area contributed by atoms with Crippen LogP contribution in [-0.2, 0) is 0 Å². The number of thiazole rings is 1. The van der Waals surface area contributed by atoms with Crippen LogP contribution in [0.15, 0.2) is 18.2 Å². The van der Waals surface area contributed by atoms with E-state index in [2.05, 4.69) is 4.98 Å². The first-order chi connectivity index (χ1) is 9.90. The maximum Gasteiger partial charge on any atom is 0.354 e. The lowest BCUT2D eigenvalue weighted by atomic mass is 10.1. The second kappa shape index (κ2) is 5.02. The number of carboxylic acid groups (broad SMARTS) is 1. The van der Waals surface area contributed by atoms with Crippen molar-refractivity contribution >= 4 is 45.5 Å². The first kappa shape index (κ1) is 14.4. The molecule has 0 atom stereocenters. The second-order valence-electron chi connectivity index (χ2n) is 4.60. The van der Waals surface area contributed by atoms with Crippen molar-refractivity contribution in [2.24, 2.45) is 0 Å². The van der Waals surface area contributed by atoms with E-state index in [9.17, 15) is 9.90 Å². The molecule has 3 aromatic rings. The minimum atomic E-state index is -1.00. The maximum atomic E-state index is 11.5. The highest BCUT2D eigenvalue weighted by Gasteiger charge is 2.22. The van der Waals surface area contributed by atoms with Gasteiger partial charge in [-0.2, -0.15) is 0 Å². The molecule has 4 nitrogen and oxygen atoms in total. The summed E-state index contributed by atoms with van der Waals surface area (Å²) in [7, 11) is 0. The number of aromatic nitrogens is 2. The third-order valence-electron chi connectivity index (χ3n) is 3.22. The Bertz CT molecular complexity index is 883. The molecule has 0 saturated carbocycles. The Hall–Kier alpha value is -1.56. The van der Waals surface area contributed by atoms with Crippen LogP contribution in [0.2, 0.25) is 10.0 Å². The first-order valence-corrected chi connectivity index (χ1v) is 7.64. The molecule has 0 saturated heterocycles. The largest absolute Gasteiger partial charge is 0.477 e. The quantitative estimate of drug-likeness (QED) is 0.736. The summed E-state index contributed by atoms with van der Waals surface area (Å²) in [4.78, 5) is 17.5. The van der Waals surface area contributed by atoms with Gasteiger partial charge in [0.15, 0.2) is 10.7 Å². The lowest BCUT2D eigenvalue weighted by Gasteiger charge is -2.06. The third-order valence-corrected chi connectivity index (χ3v) is 4.91. The van der Waals surface area contributed by atoms with Crippen LogP contribution >= 0.6 is 34.5 Å². The number of hydrogen-bond donors (Lipinski definition) is 1. The van der Waals surface area contributed by atoms with E-state index in [1.807, 2.05) is 13.0 Å². The van der Waals surface area contributed by atoms with Gasteiger partial charge >= 0.3 is 5.97 Å². The van der Waals surface area contributed by atoms with Gasteiger partial charge in [0.1, 0.15) is 0 Å². The smallest absolute Gasteiger partial charge is 0.354 e. The van der Waals surface area contributed by atoms with Crippen LogP contribution < -0.4 is 0 Å². The van der Waals surface area contributed by atoms with Crippen molar-refractivity contribution in [2.45, 2.75) is 13.8 Å². The number of aryl methyl sites for hydroxylation is 2. The van der Waals surface area contributed by atoms with Crippen molar-refractivity contribution < 1.29 is 9.90 Å². The molecule has 0 bridgehead atoms. The van der Waals surface area contributed by atoms with Gasteiger partial charge in [0, 0.05) is 10.4 Å². The Morgan fingerprint density at radius 3 is 2.62 bits per heavy atom. The second-order valence-corrected chi connectivity index (χ2v) is 6.60. The number of rotatable bonds is 2. The number of halogens is 2. The highest BCUT2D eigenvalue weighted by molar-refractivity contribution is 7.17. The number of nitrogens with zero attached hydrogens (tertiary/aromatic N) is 2. The fourth-order valence-corrected chi connectivity index (χ4v) is 3.68. The minimum Gasteiger partial charge on any atom is -0.477 e. The van der Waals surface area contributed by atoms with Crippen LogP contribution in [0.5, 0.6) is 0 Å². The van der Waals surface area contributed by atoms with Gasteiger partial charge in [-0.05, 0) is 26.0 Å². The molecule has 7 heteroatoms. The van der Waals surface area contributed by atoms with Gasteiger partial charge in [0.05, 0.1) is 21.4 Å². The zero-order valence-corrected chi connectivity index (χ0v) is 13.5. The number of fused-ring (bicyclic) bond motifs is 1. The van der Waals surface area contributed by atoms with Gasteiger partial charge in [-0.15, -0.1) is 11.3 Å². The predicted molar refractivity (Wildman–Crippen MR) is 85.0 cm³/mol. The Balaban J connectivity index is 2.38. The van der Waals surface area contributed by atoms with E-state index in [4.69, 9.17) is 23.2 Å². The molecule has 2 heterocycles. The number of carboxylic acids is 1. The molecule has 0 fully saturated rings. The number of carbonyl (C=O) groups is 1. The highest BCUT2D eigenvalue weighted by Crippen LogP contribution is 2.35. The molecule has 0 spiro atoms. The van der Waals surface area contributed by atoms with Crippen molar-refractivity contribution in [3.05, 3.63) is 44.5 Å². The van der Waals surface area contributed by atoms with Crippen molar-refractivity contribution in [3.63, 3.8) is 0 Å². The Kier molecular flexibility index (Phi) is 3.43. The molecule has 0 aliphatic heterocycles. The average Bonchev–Trinajstić information content (AvgIpc) is 2.85. The Labute approximate surface area is 134 Å². The summed E-state index contributed by atoms with van der Waals surface area (Å²) in [5.41, 5.74) is 2.27. The molecule has 2 aromatic heterocycles. The topological polar surface area (TPSA) is 54.6 Å². The van der Waals surface area contributed by atoms with E-state index in [1.54, 1.807) is 23.5 Å². The predicted octanol–water partition coefficient (Wildman–Crippen LogP) is 4.68. The summed E-state index contributed by atoms with van der Waals surface area (Å²) >= 11 is 13.5. The zero-order valence-electron chi connectivity index (χ0n) is 11.1. The molecule has 0 aliphatic rings. The monoisotopic (exact) mass is 340 g/mol.